The van der Waals surface area contributed by atoms with Gasteiger partial charge in [0.1, 0.15) is 11.7 Å². The van der Waals surface area contributed by atoms with Crippen molar-refractivity contribution in [2.24, 2.45) is 4.99 Å². The fourth-order valence-electron chi connectivity index (χ4n) is 4.55. The van der Waals surface area contributed by atoms with Gasteiger partial charge in [0.2, 0.25) is 10.0 Å². The molecular weight excluding hydrogens is 439 g/mol. The molecule has 178 valence electrons. The molecule has 2 aromatic carbocycles. The predicted octanol–water partition coefficient (Wildman–Crippen LogP) is 3.44. The summed E-state index contributed by atoms with van der Waals surface area (Å²) in [4.78, 5) is 5.04. The third kappa shape index (κ3) is 5.13. The van der Waals surface area contributed by atoms with Crippen molar-refractivity contribution in [2.75, 3.05) is 26.2 Å². The Balaban J connectivity index is 1.44. The van der Waals surface area contributed by atoms with Crippen LogP contribution < -0.4 is 10.6 Å². The summed E-state index contributed by atoms with van der Waals surface area (Å²) in [6.07, 6.45) is 1.25. The Morgan fingerprint density at radius 3 is 2.45 bits per heavy atom. The summed E-state index contributed by atoms with van der Waals surface area (Å²) in [7, 11) is -3.55. The van der Waals surface area contributed by atoms with E-state index in [2.05, 4.69) is 31.4 Å². The van der Waals surface area contributed by atoms with Crippen LogP contribution >= 0.6 is 0 Å². The van der Waals surface area contributed by atoms with Gasteiger partial charge in [-0.1, -0.05) is 45.0 Å². The van der Waals surface area contributed by atoms with E-state index < -0.39 is 10.0 Å². The summed E-state index contributed by atoms with van der Waals surface area (Å²) < 4.78 is 41.6. The molecule has 2 aliphatic heterocycles. The Hall–Kier alpha value is -2.29. The fraction of sp³-hybridized carbons (Fsp3) is 0.480. The molecule has 2 heterocycles. The quantitative estimate of drug-likeness (QED) is 0.715. The van der Waals surface area contributed by atoms with E-state index in [9.17, 15) is 12.8 Å². The highest BCUT2D eigenvalue weighted by atomic mass is 32.2. The molecule has 1 saturated heterocycles. The van der Waals surface area contributed by atoms with E-state index in [1.807, 2.05) is 18.2 Å². The van der Waals surface area contributed by atoms with Crippen molar-refractivity contribution >= 4 is 15.9 Å². The molecule has 0 atom stereocenters. The first-order valence-electron chi connectivity index (χ1n) is 11.5. The molecule has 2 N–H and O–H groups in total. The molecule has 0 bridgehead atoms. The van der Waals surface area contributed by atoms with Crippen LogP contribution in [0.15, 0.2) is 58.4 Å². The van der Waals surface area contributed by atoms with Crippen molar-refractivity contribution in [3.8, 4) is 0 Å². The number of piperidine rings is 1. The molecule has 0 unspecified atom stereocenters. The van der Waals surface area contributed by atoms with E-state index in [1.165, 1.54) is 12.1 Å². The monoisotopic (exact) mass is 472 g/mol. The number of hydrogen-bond acceptors (Lipinski definition) is 5. The first-order chi connectivity index (χ1) is 15.6. The second-order valence-electron chi connectivity index (χ2n) is 9.90. The highest BCUT2D eigenvalue weighted by Crippen LogP contribution is 2.30. The molecule has 1 spiro atoms. The number of amidine groups is 1. The smallest absolute Gasteiger partial charge is 0.243 e. The van der Waals surface area contributed by atoms with Crippen LogP contribution in [0.4, 0.5) is 4.39 Å². The lowest BCUT2D eigenvalue weighted by atomic mass is 9.85. The Morgan fingerprint density at radius 1 is 1.12 bits per heavy atom. The van der Waals surface area contributed by atoms with Crippen LogP contribution in [0.2, 0.25) is 0 Å². The zero-order valence-electron chi connectivity index (χ0n) is 19.6. The van der Waals surface area contributed by atoms with E-state index in [4.69, 9.17) is 4.99 Å². The van der Waals surface area contributed by atoms with Gasteiger partial charge in [-0.15, -0.1) is 0 Å². The number of rotatable bonds is 4. The minimum Gasteiger partial charge on any atom is -0.368 e. The molecule has 6 nitrogen and oxygen atoms in total. The normalized spacial score (nSPS) is 19.3. The molecule has 0 aliphatic carbocycles. The minimum atomic E-state index is -3.55. The molecule has 2 aromatic rings. The van der Waals surface area contributed by atoms with Gasteiger partial charge in [-0.2, -0.15) is 4.31 Å². The molecule has 0 aromatic heterocycles. The Morgan fingerprint density at radius 2 is 1.82 bits per heavy atom. The van der Waals surface area contributed by atoms with Crippen LogP contribution in [0.25, 0.3) is 0 Å². The summed E-state index contributed by atoms with van der Waals surface area (Å²) in [6.45, 7) is 9.05. The van der Waals surface area contributed by atoms with Crippen molar-refractivity contribution in [2.45, 2.75) is 56.0 Å². The van der Waals surface area contributed by atoms with Crippen LogP contribution in [0.3, 0.4) is 0 Å². The zero-order chi connectivity index (χ0) is 23.7. The van der Waals surface area contributed by atoms with Gasteiger partial charge in [0.05, 0.1) is 17.0 Å². The predicted molar refractivity (Wildman–Crippen MR) is 129 cm³/mol. The van der Waals surface area contributed by atoms with E-state index in [0.717, 1.165) is 23.5 Å². The maximum atomic E-state index is 13.5. The largest absolute Gasteiger partial charge is 0.368 e. The Bertz CT molecular complexity index is 1120. The number of sulfonamides is 1. The van der Waals surface area contributed by atoms with Crippen LogP contribution in [-0.2, 0) is 22.0 Å². The van der Waals surface area contributed by atoms with E-state index in [0.29, 0.717) is 43.9 Å². The van der Waals surface area contributed by atoms with Crippen molar-refractivity contribution < 1.29 is 12.8 Å². The van der Waals surface area contributed by atoms with Crippen molar-refractivity contribution in [1.82, 2.24) is 14.9 Å². The third-order valence-corrected chi connectivity index (χ3v) is 8.49. The lowest BCUT2D eigenvalue weighted by Crippen LogP contribution is -2.64. The van der Waals surface area contributed by atoms with Crippen molar-refractivity contribution in [1.29, 1.82) is 0 Å². The van der Waals surface area contributed by atoms with Gasteiger partial charge in [0.15, 0.2) is 0 Å². The van der Waals surface area contributed by atoms with Gasteiger partial charge in [0, 0.05) is 26.2 Å². The minimum absolute atomic E-state index is 0.0271. The molecule has 4 rings (SSSR count). The van der Waals surface area contributed by atoms with Crippen molar-refractivity contribution in [3.63, 3.8) is 0 Å². The van der Waals surface area contributed by atoms with E-state index in [-0.39, 0.29) is 16.8 Å². The summed E-state index contributed by atoms with van der Waals surface area (Å²) >= 11 is 0. The average molecular weight is 473 g/mol. The van der Waals surface area contributed by atoms with Gasteiger partial charge < -0.3 is 10.6 Å². The van der Waals surface area contributed by atoms with E-state index >= 15 is 0 Å². The summed E-state index contributed by atoms with van der Waals surface area (Å²) in [5.74, 6) is 0.575. The molecule has 0 saturated carbocycles. The number of hydrogen-bond donors (Lipinski definition) is 2. The van der Waals surface area contributed by atoms with Gasteiger partial charge in [-0.25, -0.2) is 12.8 Å². The number of halogens is 1. The lowest BCUT2D eigenvalue weighted by molar-refractivity contribution is 0.241. The third-order valence-electron chi connectivity index (χ3n) is 6.58. The molecule has 33 heavy (non-hydrogen) atoms. The van der Waals surface area contributed by atoms with Crippen molar-refractivity contribution in [3.05, 3.63) is 65.5 Å². The van der Waals surface area contributed by atoms with Gasteiger partial charge >= 0.3 is 0 Å². The van der Waals surface area contributed by atoms with E-state index in [1.54, 1.807) is 22.5 Å². The first-order valence-corrected chi connectivity index (χ1v) is 12.9. The van der Waals surface area contributed by atoms with Crippen LogP contribution in [0.1, 0.15) is 44.7 Å². The summed E-state index contributed by atoms with van der Waals surface area (Å²) in [5, 5.41) is 6.96. The second-order valence-corrected chi connectivity index (χ2v) is 11.8. The molecule has 0 radical (unpaired) electrons. The lowest BCUT2D eigenvalue weighted by Gasteiger charge is -2.44. The maximum Gasteiger partial charge on any atom is 0.243 e. The summed E-state index contributed by atoms with van der Waals surface area (Å²) in [5.41, 5.74) is 1.54. The highest BCUT2D eigenvalue weighted by molar-refractivity contribution is 7.89. The number of nitrogens with one attached hydrogen (secondary N) is 2. The zero-order valence-corrected chi connectivity index (χ0v) is 20.4. The highest BCUT2D eigenvalue weighted by Gasteiger charge is 2.43. The first kappa shape index (κ1) is 23.9. The molecule has 2 aliphatic rings. The fourth-order valence-corrected chi connectivity index (χ4v) is 6.00. The Labute approximate surface area is 196 Å². The number of nitrogens with zero attached hydrogens (tertiary/aromatic N) is 2. The average Bonchev–Trinajstić information content (AvgIpc) is 2.78. The number of benzene rings is 2. The van der Waals surface area contributed by atoms with Crippen LogP contribution in [0.5, 0.6) is 0 Å². The van der Waals surface area contributed by atoms with Gasteiger partial charge in [-0.3, -0.25) is 4.99 Å². The maximum absolute atomic E-state index is 13.5. The topological polar surface area (TPSA) is 73.8 Å². The molecule has 1 fully saturated rings. The van der Waals surface area contributed by atoms with Gasteiger partial charge in [0.25, 0.3) is 0 Å². The van der Waals surface area contributed by atoms with Crippen LogP contribution in [-0.4, -0.2) is 50.3 Å². The Kier molecular flexibility index (Phi) is 6.62. The molecule has 0 amide bonds. The second kappa shape index (κ2) is 9.16. The standard InChI is InChI=1S/C25H33FN4O2S/c1-24(2,3)20-7-9-22(10-8-20)33(31,32)30-15-11-25(12-16-30)23(27-13-14-29-25)28-18-19-5-4-6-21(26)17-19/h4-10,17,29H,11-16,18H2,1-3H3,(H,27,28). The van der Waals surface area contributed by atoms with Gasteiger partial charge in [-0.05, 0) is 53.6 Å². The SMILES string of the molecule is CC(C)(C)c1ccc(S(=O)(=O)N2CCC3(CC2)NCCN=C3NCc2cccc(F)c2)cc1. The van der Waals surface area contributed by atoms with Crippen LogP contribution in [0, 0.1) is 5.82 Å². The molecular formula is C25H33FN4O2S. The number of aliphatic imine (C=N–C) groups is 1. The summed E-state index contributed by atoms with van der Waals surface area (Å²) in [6, 6.07) is 13.7. The molecule has 8 heteroatoms.